The van der Waals surface area contributed by atoms with Crippen LogP contribution < -0.4 is 5.32 Å². The minimum atomic E-state index is 0.922. The van der Waals surface area contributed by atoms with E-state index in [0.29, 0.717) is 0 Å². The molecule has 1 N–H and O–H groups in total. The highest BCUT2D eigenvalue weighted by Crippen LogP contribution is 2.25. The second-order valence-corrected chi connectivity index (χ2v) is 5.93. The van der Waals surface area contributed by atoms with E-state index in [9.17, 15) is 0 Å². The number of anilines is 1. The van der Waals surface area contributed by atoms with Crippen molar-refractivity contribution in [2.75, 3.05) is 18.4 Å². The zero-order valence-corrected chi connectivity index (χ0v) is 13.4. The van der Waals surface area contributed by atoms with Crippen LogP contribution in [-0.2, 0) is 0 Å². The van der Waals surface area contributed by atoms with Gasteiger partial charge in [0.1, 0.15) is 0 Å². The number of halogens is 1. The van der Waals surface area contributed by atoms with Gasteiger partial charge in [-0.15, -0.1) is 0 Å². The summed E-state index contributed by atoms with van der Waals surface area (Å²) in [6, 6.07) is 18.3. The summed E-state index contributed by atoms with van der Waals surface area (Å²) in [5.41, 5.74) is 2.01. The number of hydrogen-bond donors (Lipinski definition) is 1. The van der Waals surface area contributed by atoms with Crippen LogP contribution in [0.3, 0.4) is 0 Å². The highest BCUT2D eigenvalue weighted by atomic mass is 79.9. The van der Waals surface area contributed by atoms with Gasteiger partial charge in [-0.1, -0.05) is 30.3 Å². The first-order chi connectivity index (χ1) is 10.3. The van der Waals surface area contributed by atoms with Crippen LogP contribution in [0, 0.1) is 0 Å². The Hall–Kier alpha value is -1.81. The number of likely N-dealkylation sites (tertiary alicyclic amines) is 1. The van der Waals surface area contributed by atoms with Crippen LogP contribution >= 0.6 is 15.9 Å². The molecule has 0 saturated carbocycles. The predicted molar refractivity (Wildman–Crippen MR) is 92.1 cm³/mol. The fourth-order valence-electron chi connectivity index (χ4n) is 2.41. The van der Waals surface area contributed by atoms with Gasteiger partial charge in [-0.3, -0.25) is 0 Å². The predicted octanol–water partition coefficient (Wildman–Crippen LogP) is 4.64. The van der Waals surface area contributed by atoms with Crippen molar-refractivity contribution < 1.29 is 0 Å². The molecular formula is C17H18BrN3. The molecule has 2 aromatic carbocycles. The molecule has 2 aromatic rings. The lowest BCUT2D eigenvalue weighted by Gasteiger charge is -2.21. The van der Waals surface area contributed by atoms with Crippen molar-refractivity contribution in [1.82, 2.24) is 4.90 Å². The summed E-state index contributed by atoms with van der Waals surface area (Å²) in [5, 5.41) is 3.45. The first-order valence-electron chi connectivity index (χ1n) is 7.23. The van der Waals surface area contributed by atoms with Crippen LogP contribution in [0.15, 0.2) is 64.1 Å². The normalized spacial score (nSPS) is 15.3. The third kappa shape index (κ3) is 3.64. The Bertz CT molecular complexity index is 619. The van der Waals surface area contributed by atoms with E-state index < -0.39 is 0 Å². The van der Waals surface area contributed by atoms with Crippen LogP contribution in [0.25, 0.3) is 0 Å². The van der Waals surface area contributed by atoms with Gasteiger partial charge in [-0.05, 0) is 53.0 Å². The molecule has 1 saturated heterocycles. The van der Waals surface area contributed by atoms with Crippen molar-refractivity contribution in [3.63, 3.8) is 0 Å². The molecule has 21 heavy (non-hydrogen) atoms. The minimum Gasteiger partial charge on any atom is -0.342 e. The third-order valence-electron chi connectivity index (χ3n) is 3.51. The Balaban J connectivity index is 1.90. The summed E-state index contributed by atoms with van der Waals surface area (Å²) in [7, 11) is 0. The van der Waals surface area contributed by atoms with Gasteiger partial charge in [0.05, 0.1) is 5.69 Å². The van der Waals surface area contributed by atoms with E-state index in [-0.39, 0.29) is 0 Å². The number of nitrogens with one attached hydrogen (secondary N) is 1. The number of guanidine groups is 1. The van der Waals surface area contributed by atoms with E-state index >= 15 is 0 Å². The molecule has 1 aliphatic heterocycles. The van der Waals surface area contributed by atoms with E-state index in [1.165, 1.54) is 12.8 Å². The summed E-state index contributed by atoms with van der Waals surface area (Å²) in [6.45, 7) is 2.12. The molecule has 108 valence electrons. The number of rotatable bonds is 2. The highest BCUT2D eigenvalue weighted by molar-refractivity contribution is 9.10. The molecule has 3 rings (SSSR count). The van der Waals surface area contributed by atoms with Crippen molar-refractivity contribution in [2.45, 2.75) is 12.8 Å². The maximum Gasteiger partial charge on any atom is 0.203 e. The molecule has 1 heterocycles. The molecule has 0 aliphatic carbocycles. The van der Waals surface area contributed by atoms with E-state index in [2.05, 4.69) is 38.3 Å². The molecule has 3 nitrogen and oxygen atoms in total. The van der Waals surface area contributed by atoms with Gasteiger partial charge in [0.15, 0.2) is 0 Å². The van der Waals surface area contributed by atoms with Crippen LogP contribution in [-0.4, -0.2) is 23.9 Å². The van der Waals surface area contributed by atoms with Gasteiger partial charge < -0.3 is 10.2 Å². The van der Waals surface area contributed by atoms with Crippen molar-refractivity contribution in [3.8, 4) is 0 Å². The first-order valence-corrected chi connectivity index (χ1v) is 8.02. The molecule has 0 spiro atoms. The first kappa shape index (κ1) is 14.1. The van der Waals surface area contributed by atoms with Gasteiger partial charge in [-0.2, -0.15) is 0 Å². The van der Waals surface area contributed by atoms with Gasteiger partial charge in [-0.25, -0.2) is 4.99 Å². The summed E-state index contributed by atoms with van der Waals surface area (Å²) in [4.78, 5) is 7.13. The molecule has 1 fully saturated rings. The third-order valence-corrected chi connectivity index (χ3v) is 4.18. The fourth-order valence-corrected chi connectivity index (χ4v) is 2.79. The summed E-state index contributed by atoms with van der Waals surface area (Å²) in [5.74, 6) is 0.922. The van der Waals surface area contributed by atoms with E-state index in [1.54, 1.807) is 0 Å². The monoisotopic (exact) mass is 343 g/mol. The van der Waals surface area contributed by atoms with Crippen molar-refractivity contribution in [3.05, 3.63) is 59.1 Å². The van der Waals surface area contributed by atoms with E-state index in [0.717, 1.165) is 34.9 Å². The Morgan fingerprint density at radius 2 is 1.62 bits per heavy atom. The van der Waals surface area contributed by atoms with Gasteiger partial charge in [0.2, 0.25) is 5.96 Å². The maximum atomic E-state index is 4.82. The molecule has 0 unspecified atom stereocenters. The maximum absolute atomic E-state index is 4.82. The molecule has 0 amide bonds. The number of aliphatic imine (C=N–C) groups is 1. The lowest BCUT2D eigenvalue weighted by atomic mass is 10.3. The summed E-state index contributed by atoms with van der Waals surface area (Å²) in [6.07, 6.45) is 2.46. The molecule has 0 atom stereocenters. The lowest BCUT2D eigenvalue weighted by Crippen LogP contribution is -2.33. The van der Waals surface area contributed by atoms with E-state index in [1.807, 2.05) is 42.5 Å². The Labute approximate surface area is 133 Å². The number of para-hydroxylation sites is 2. The number of nitrogens with zero attached hydrogens (tertiary/aromatic N) is 2. The van der Waals surface area contributed by atoms with Crippen LogP contribution in [0.5, 0.6) is 0 Å². The molecule has 0 bridgehead atoms. The summed E-state index contributed by atoms with van der Waals surface area (Å²) >= 11 is 3.57. The second-order valence-electron chi connectivity index (χ2n) is 5.07. The molecule has 1 aliphatic rings. The fraction of sp³-hybridized carbons (Fsp3) is 0.235. The molecule has 0 radical (unpaired) electrons. The Morgan fingerprint density at radius 1 is 0.952 bits per heavy atom. The van der Waals surface area contributed by atoms with Crippen LogP contribution in [0.1, 0.15) is 12.8 Å². The van der Waals surface area contributed by atoms with Gasteiger partial charge in [0, 0.05) is 23.2 Å². The largest absolute Gasteiger partial charge is 0.342 e. The average molecular weight is 344 g/mol. The van der Waals surface area contributed by atoms with Crippen LogP contribution in [0.2, 0.25) is 0 Å². The topological polar surface area (TPSA) is 27.6 Å². The zero-order valence-electron chi connectivity index (χ0n) is 11.8. The summed E-state index contributed by atoms with van der Waals surface area (Å²) < 4.78 is 1.01. The zero-order chi connectivity index (χ0) is 14.5. The second kappa shape index (κ2) is 6.76. The Morgan fingerprint density at radius 3 is 2.33 bits per heavy atom. The van der Waals surface area contributed by atoms with Gasteiger partial charge in [0.25, 0.3) is 0 Å². The highest BCUT2D eigenvalue weighted by Gasteiger charge is 2.17. The average Bonchev–Trinajstić information content (AvgIpc) is 3.04. The molecule has 4 heteroatoms. The lowest BCUT2D eigenvalue weighted by molar-refractivity contribution is 0.518. The van der Waals surface area contributed by atoms with Gasteiger partial charge >= 0.3 is 0 Å². The van der Waals surface area contributed by atoms with Crippen LogP contribution in [0.4, 0.5) is 11.4 Å². The van der Waals surface area contributed by atoms with E-state index in [4.69, 9.17) is 4.99 Å². The molecular weight excluding hydrogens is 326 g/mol. The number of benzene rings is 2. The smallest absolute Gasteiger partial charge is 0.203 e. The Kier molecular flexibility index (Phi) is 4.55. The number of hydrogen-bond acceptors (Lipinski definition) is 1. The molecule has 0 aromatic heterocycles. The van der Waals surface area contributed by atoms with Crippen molar-refractivity contribution >= 4 is 33.3 Å². The van der Waals surface area contributed by atoms with Crippen molar-refractivity contribution in [2.24, 2.45) is 4.99 Å². The standard InChI is InChI=1S/C17H18BrN3/c18-15-10-4-5-11-16(15)20-17(21-12-6-7-13-21)19-14-8-2-1-3-9-14/h1-5,8-11H,6-7,12-13H2,(H,19,20). The SMILES string of the molecule is Brc1ccccc1N=C(Nc1ccccc1)N1CCCC1. The minimum absolute atomic E-state index is 0.922. The van der Waals surface area contributed by atoms with Crippen molar-refractivity contribution in [1.29, 1.82) is 0 Å². The quantitative estimate of drug-likeness (QED) is 0.635.